The quantitative estimate of drug-likeness (QED) is 0.758. The highest BCUT2D eigenvalue weighted by atomic mass is 15.0. The van der Waals surface area contributed by atoms with Crippen LogP contribution >= 0.6 is 0 Å². The van der Waals surface area contributed by atoms with Crippen LogP contribution in [0.2, 0.25) is 0 Å². The lowest BCUT2D eigenvalue weighted by atomic mass is 9.81. The summed E-state index contributed by atoms with van der Waals surface area (Å²) in [6.07, 6.45) is 11.3. The van der Waals surface area contributed by atoms with Crippen LogP contribution in [0.5, 0.6) is 0 Å². The zero-order chi connectivity index (χ0) is 12.8. The molecule has 18 heavy (non-hydrogen) atoms. The van der Waals surface area contributed by atoms with Crippen molar-refractivity contribution in [2.75, 3.05) is 13.1 Å². The molecule has 2 rings (SSSR count). The van der Waals surface area contributed by atoms with Gasteiger partial charge in [-0.15, -0.1) is 0 Å². The van der Waals surface area contributed by atoms with E-state index in [1.807, 2.05) is 0 Å². The normalized spacial score (nSPS) is 34.7. The summed E-state index contributed by atoms with van der Waals surface area (Å²) in [5.74, 6) is 1.98. The predicted molar refractivity (Wildman–Crippen MR) is 78.8 cm³/mol. The van der Waals surface area contributed by atoms with E-state index in [1.165, 1.54) is 64.5 Å². The summed E-state index contributed by atoms with van der Waals surface area (Å²) >= 11 is 0. The van der Waals surface area contributed by atoms with Crippen molar-refractivity contribution in [3.63, 3.8) is 0 Å². The van der Waals surface area contributed by atoms with Crippen LogP contribution in [0.25, 0.3) is 0 Å². The summed E-state index contributed by atoms with van der Waals surface area (Å²) in [5, 5.41) is 7.37. The Bertz CT molecular complexity index is 215. The number of nitrogens with one attached hydrogen (secondary N) is 2. The second-order valence-corrected chi connectivity index (χ2v) is 6.63. The molecule has 0 spiro atoms. The standard InChI is InChI=1S/C16H32N2/c1-3-14-6-8-15(9-7-14)12-18-13(2)11-16-5-4-10-17-16/h13-18H,3-12H2,1-2H3. The van der Waals surface area contributed by atoms with Gasteiger partial charge in [0.05, 0.1) is 0 Å². The average Bonchev–Trinajstić information content (AvgIpc) is 2.90. The fraction of sp³-hybridized carbons (Fsp3) is 1.00. The molecule has 0 radical (unpaired) electrons. The van der Waals surface area contributed by atoms with E-state index >= 15 is 0 Å². The molecule has 2 heteroatoms. The van der Waals surface area contributed by atoms with Crippen molar-refractivity contribution in [2.45, 2.75) is 77.3 Å². The Morgan fingerprint density at radius 3 is 2.44 bits per heavy atom. The Kier molecular flexibility index (Phi) is 5.97. The third-order valence-electron chi connectivity index (χ3n) is 5.10. The van der Waals surface area contributed by atoms with Crippen molar-refractivity contribution < 1.29 is 0 Å². The van der Waals surface area contributed by atoms with Crippen LogP contribution < -0.4 is 10.6 Å². The van der Waals surface area contributed by atoms with E-state index in [2.05, 4.69) is 24.5 Å². The summed E-state index contributed by atoms with van der Waals surface area (Å²) in [4.78, 5) is 0. The lowest BCUT2D eigenvalue weighted by Crippen LogP contribution is -2.37. The van der Waals surface area contributed by atoms with Crippen LogP contribution in [-0.4, -0.2) is 25.2 Å². The average molecular weight is 252 g/mol. The number of hydrogen-bond donors (Lipinski definition) is 2. The minimum absolute atomic E-state index is 0.685. The first-order valence-corrected chi connectivity index (χ1v) is 8.24. The second kappa shape index (κ2) is 7.49. The Morgan fingerprint density at radius 2 is 1.83 bits per heavy atom. The highest BCUT2D eigenvalue weighted by Crippen LogP contribution is 2.30. The maximum Gasteiger partial charge on any atom is 0.00822 e. The molecule has 2 aliphatic rings. The molecule has 1 saturated carbocycles. The first kappa shape index (κ1) is 14.3. The molecule has 0 aromatic rings. The van der Waals surface area contributed by atoms with Crippen LogP contribution in [0.3, 0.4) is 0 Å². The highest BCUT2D eigenvalue weighted by molar-refractivity contribution is 4.80. The summed E-state index contributed by atoms with van der Waals surface area (Å²) in [6, 6.07) is 1.47. The van der Waals surface area contributed by atoms with Crippen molar-refractivity contribution >= 4 is 0 Å². The molecule has 0 bridgehead atoms. The van der Waals surface area contributed by atoms with Crippen molar-refractivity contribution in [2.24, 2.45) is 11.8 Å². The fourth-order valence-electron chi connectivity index (χ4n) is 3.68. The lowest BCUT2D eigenvalue weighted by Gasteiger charge is -2.29. The topological polar surface area (TPSA) is 24.1 Å². The van der Waals surface area contributed by atoms with E-state index in [1.54, 1.807) is 0 Å². The molecule has 2 unspecified atom stereocenters. The third-order valence-corrected chi connectivity index (χ3v) is 5.10. The van der Waals surface area contributed by atoms with Gasteiger partial charge in [0.2, 0.25) is 0 Å². The smallest absolute Gasteiger partial charge is 0.00822 e. The van der Waals surface area contributed by atoms with Crippen molar-refractivity contribution in [1.29, 1.82) is 0 Å². The first-order valence-electron chi connectivity index (χ1n) is 8.24. The third kappa shape index (κ3) is 4.55. The van der Waals surface area contributed by atoms with Gasteiger partial charge < -0.3 is 10.6 Å². The fourth-order valence-corrected chi connectivity index (χ4v) is 3.68. The molecule has 2 nitrogen and oxygen atoms in total. The van der Waals surface area contributed by atoms with Crippen LogP contribution in [-0.2, 0) is 0 Å². The Hall–Kier alpha value is -0.0800. The minimum Gasteiger partial charge on any atom is -0.314 e. The lowest BCUT2D eigenvalue weighted by molar-refractivity contribution is 0.255. The molecule has 0 aromatic heterocycles. The van der Waals surface area contributed by atoms with Gasteiger partial charge in [-0.1, -0.05) is 26.2 Å². The Labute approximate surface area is 113 Å². The second-order valence-electron chi connectivity index (χ2n) is 6.63. The molecular weight excluding hydrogens is 220 g/mol. The summed E-state index contributed by atoms with van der Waals surface area (Å²) in [6.45, 7) is 7.19. The summed E-state index contributed by atoms with van der Waals surface area (Å²) < 4.78 is 0. The SMILES string of the molecule is CCC1CCC(CNC(C)CC2CCCN2)CC1. The van der Waals surface area contributed by atoms with Crippen molar-refractivity contribution in [3.05, 3.63) is 0 Å². The van der Waals surface area contributed by atoms with Gasteiger partial charge in [0.25, 0.3) is 0 Å². The van der Waals surface area contributed by atoms with Crippen molar-refractivity contribution in [1.82, 2.24) is 10.6 Å². The number of rotatable bonds is 6. The first-order chi connectivity index (χ1) is 8.78. The number of hydrogen-bond acceptors (Lipinski definition) is 2. The van der Waals surface area contributed by atoms with Gasteiger partial charge >= 0.3 is 0 Å². The molecule has 1 aliphatic heterocycles. The molecule has 2 N–H and O–H groups in total. The van der Waals surface area contributed by atoms with Crippen LogP contribution in [0.1, 0.15) is 65.2 Å². The van der Waals surface area contributed by atoms with E-state index in [0.29, 0.717) is 6.04 Å². The maximum absolute atomic E-state index is 3.77. The molecule has 0 amide bonds. The van der Waals surface area contributed by atoms with Crippen molar-refractivity contribution in [3.8, 4) is 0 Å². The largest absolute Gasteiger partial charge is 0.314 e. The van der Waals surface area contributed by atoms with Gasteiger partial charge in [0.15, 0.2) is 0 Å². The molecule has 1 saturated heterocycles. The Morgan fingerprint density at radius 1 is 1.11 bits per heavy atom. The van der Waals surface area contributed by atoms with Gasteiger partial charge in [-0.2, -0.15) is 0 Å². The zero-order valence-corrected chi connectivity index (χ0v) is 12.4. The van der Waals surface area contributed by atoms with Gasteiger partial charge in [-0.05, 0) is 64.0 Å². The molecule has 0 aromatic carbocycles. The van der Waals surface area contributed by atoms with Gasteiger partial charge in [0.1, 0.15) is 0 Å². The van der Waals surface area contributed by atoms with E-state index in [9.17, 15) is 0 Å². The summed E-state index contributed by atoms with van der Waals surface area (Å²) in [7, 11) is 0. The molecule has 1 heterocycles. The monoisotopic (exact) mass is 252 g/mol. The molecular formula is C16H32N2. The van der Waals surface area contributed by atoms with Gasteiger partial charge in [0, 0.05) is 12.1 Å². The molecule has 2 fully saturated rings. The maximum atomic E-state index is 3.77. The highest BCUT2D eigenvalue weighted by Gasteiger charge is 2.21. The molecule has 2 atom stereocenters. The Balaban J connectivity index is 1.56. The van der Waals surface area contributed by atoms with E-state index < -0.39 is 0 Å². The van der Waals surface area contributed by atoms with Crippen LogP contribution in [0.4, 0.5) is 0 Å². The minimum atomic E-state index is 0.685. The van der Waals surface area contributed by atoms with E-state index in [4.69, 9.17) is 0 Å². The predicted octanol–water partition coefficient (Wildman–Crippen LogP) is 3.32. The van der Waals surface area contributed by atoms with Gasteiger partial charge in [-0.25, -0.2) is 0 Å². The van der Waals surface area contributed by atoms with Crippen LogP contribution in [0.15, 0.2) is 0 Å². The summed E-state index contributed by atoms with van der Waals surface area (Å²) in [5.41, 5.74) is 0. The zero-order valence-electron chi connectivity index (χ0n) is 12.4. The van der Waals surface area contributed by atoms with E-state index in [0.717, 1.165) is 17.9 Å². The molecule has 1 aliphatic carbocycles. The van der Waals surface area contributed by atoms with E-state index in [-0.39, 0.29) is 0 Å². The van der Waals surface area contributed by atoms with Gasteiger partial charge in [-0.3, -0.25) is 0 Å². The van der Waals surface area contributed by atoms with Crippen LogP contribution in [0, 0.1) is 11.8 Å². The molecule has 106 valence electrons.